The summed E-state index contributed by atoms with van der Waals surface area (Å²) in [6, 6.07) is 0. The molecule has 0 saturated heterocycles. The van der Waals surface area contributed by atoms with Crippen molar-refractivity contribution < 1.29 is 14.3 Å². The zero-order chi connectivity index (χ0) is 9.14. The maximum atomic E-state index is 11.3. The minimum absolute atomic E-state index is 0.0625. The third-order valence-corrected chi connectivity index (χ3v) is 2.40. The second-order valence-electron chi connectivity index (χ2n) is 3.36. The van der Waals surface area contributed by atoms with Crippen molar-refractivity contribution in [2.75, 3.05) is 13.7 Å². The Hall–Kier alpha value is -0.700. The third-order valence-electron chi connectivity index (χ3n) is 2.40. The van der Waals surface area contributed by atoms with Gasteiger partial charge in [-0.15, -0.1) is 0 Å². The Morgan fingerprint density at radius 3 is 2.75 bits per heavy atom. The van der Waals surface area contributed by atoms with Crippen molar-refractivity contribution in [1.82, 2.24) is 0 Å². The first-order valence-corrected chi connectivity index (χ1v) is 4.21. The van der Waals surface area contributed by atoms with Crippen LogP contribution in [0.2, 0.25) is 0 Å². The van der Waals surface area contributed by atoms with Gasteiger partial charge in [0.1, 0.15) is 12.4 Å². The molecule has 1 fully saturated rings. The number of ether oxygens (including phenoxy) is 1. The van der Waals surface area contributed by atoms with Crippen molar-refractivity contribution >= 4 is 11.6 Å². The van der Waals surface area contributed by atoms with Crippen LogP contribution in [0.3, 0.4) is 0 Å². The maximum absolute atomic E-state index is 11.3. The predicted molar refractivity (Wildman–Crippen MR) is 43.8 cm³/mol. The summed E-state index contributed by atoms with van der Waals surface area (Å²) in [4.78, 5) is 22.5. The van der Waals surface area contributed by atoms with Gasteiger partial charge in [0.05, 0.1) is 5.92 Å². The lowest BCUT2D eigenvalue weighted by Crippen LogP contribution is -2.26. The van der Waals surface area contributed by atoms with Crippen molar-refractivity contribution in [3.63, 3.8) is 0 Å². The first kappa shape index (κ1) is 9.39. The summed E-state index contributed by atoms with van der Waals surface area (Å²) in [5.74, 6) is -0.151. The van der Waals surface area contributed by atoms with Gasteiger partial charge in [-0.3, -0.25) is 9.59 Å². The van der Waals surface area contributed by atoms with E-state index in [1.165, 1.54) is 7.11 Å². The summed E-state index contributed by atoms with van der Waals surface area (Å²) in [7, 11) is 1.47. The quantitative estimate of drug-likeness (QED) is 0.589. The van der Waals surface area contributed by atoms with Gasteiger partial charge in [-0.05, 0) is 12.3 Å². The lowest BCUT2D eigenvalue weighted by Gasteiger charge is -2.11. The third kappa shape index (κ3) is 1.72. The van der Waals surface area contributed by atoms with E-state index < -0.39 is 0 Å². The molecule has 2 unspecified atom stereocenters. The molecule has 2 atom stereocenters. The second kappa shape index (κ2) is 3.81. The van der Waals surface area contributed by atoms with Gasteiger partial charge in [0.15, 0.2) is 5.78 Å². The molecule has 0 radical (unpaired) electrons. The molecule has 1 rings (SSSR count). The molecule has 1 aliphatic rings. The van der Waals surface area contributed by atoms with Gasteiger partial charge in [-0.1, -0.05) is 6.92 Å². The molecule has 3 heteroatoms. The highest BCUT2D eigenvalue weighted by Crippen LogP contribution is 2.28. The fraction of sp³-hybridized carbons (Fsp3) is 0.778. The summed E-state index contributed by atoms with van der Waals surface area (Å²) in [6.45, 7) is 2.02. The summed E-state index contributed by atoms with van der Waals surface area (Å²) >= 11 is 0. The monoisotopic (exact) mass is 170 g/mol. The van der Waals surface area contributed by atoms with Crippen LogP contribution in [0, 0.1) is 11.8 Å². The molecule has 0 aliphatic heterocycles. The summed E-state index contributed by atoms with van der Waals surface area (Å²) < 4.78 is 4.71. The van der Waals surface area contributed by atoms with E-state index in [2.05, 4.69) is 0 Å². The second-order valence-corrected chi connectivity index (χ2v) is 3.36. The van der Waals surface area contributed by atoms with Crippen LogP contribution in [0.15, 0.2) is 0 Å². The summed E-state index contributed by atoms with van der Waals surface area (Å²) in [5.41, 5.74) is 0. The van der Waals surface area contributed by atoms with E-state index in [0.29, 0.717) is 6.42 Å². The van der Waals surface area contributed by atoms with Gasteiger partial charge in [-0.2, -0.15) is 0 Å². The van der Waals surface area contributed by atoms with Crippen molar-refractivity contribution in [2.45, 2.75) is 19.8 Å². The Morgan fingerprint density at radius 2 is 2.33 bits per heavy atom. The van der Waals surface area contributed by atoms with Gasteiger partial charge in [-0.25, -0.2) is 0 Å². The molecule has 3 nitrogen and oxygen atoms in total. The topological polar surface area (TPSA) is 43.4 Å². The highest BCUT2D eigenvalue weighted by Gasteiger charge is 2.36. The molecule has 0 amide bonds. The van der Waals surface area contributed by atoms with Crippen LogP contribution in [-0.2, 0) is 14.3 Å². The highest BCUT2D eigenvalue weighted by molar-refractivity contribution is 6.04. The van der Waals surface area contributed by atoms with Crippen molar-refractivity contribution in [2.24, 2.45) is 11.8 Å². The Kier molecular flexibility index (Phi) is 2.98. The zero-order valence-corrected chi connectivity index (χ0v) is 7.50. The van der Waals surface area contributed by atoms with Crippen molar-refractivity contribution in [3.8, 4) is 0 Å². The Morgan fingerprint density at radius 1 is 1.67 bits per heavy atom. The first-order valence-electron chi connectivity index (χ1n) is 4.21. The standard InChI is InChI=1S/C9H14O3/c1-6-3-4-7(10)9(6)8(11)5-12-2/h6,9H,3-5H2,1-2H3. The average Bonchev–Trinajstić information content (AvgIpc) is 2.32. The van der Waals surface area contributed by atoms with Crippen LogP contribution in [-0.4, -0.2) is 25.3 Å². The summed E-state index contributed by atoms with van der Waals surface area (Å²) in [6.07, 6.45) is 1.40. The lowest BCUT2D eigenvalue weighted by atomic mass is 9.93. The molecule has 12 heavy (non-hydrogen) atoms. The number of Topliss-reactive ketones (excluding diaryl/α,β-unsaturated/α-hetero) is 2. The van der Waals surface area contributed by atoms with Crippen LogP contribution in [0.25, 0.3) is 0 Å². The molecule has 0 heterocycles. The Bertz CT molecular complexity index is 198. The van der Waals surface area contributed by atoms with Crippen LogP contribution in [0.5, 0.6) is 0 Å². The van der Waals surface area contributed by atoms with E-state index in [9.17, 15) is 9.59 Å². The molecule has 0 aromatic heterocycles. The molecule has 0 aromatic rings. The van der Waals surface area contributed by atoms with E-state index in [0.717, 1.165) is 6.42 Å². The molecule has 1 saturated carbocycles. The van der Waals surface area contributed by atoms with Crippen LogP contribution in [0.1, 0.15) is 19.8 Å². The summed E-state index contributed by atoms with van der Waals surface area (Å²) in [5, 5.41) is 0. The van der Waals surface area contributed by atoms with Crippen LogP contribution >= 0.6 is 0 Å². The maximum Gasteiger partial charge on any atom is 0.169 e. The van der Waals surface area contributed by atoms with Gasteiger partial charge in [0.25, 0.3) is 0 Å². The highest BCUT2D eigenvalue weighted by atomic mass is 16.5. The molecule has 0 bridgehead atoms. The Labute approximate surface area is 72.1 Å². The fourth-order valence-electron chi connectivity index (χ4n) is 1.74. The molecular formula is C9H14O3. The van der Waals surface area contributed by atoms with Crippen molar-refractivity contribution in [3.05, 3.63) is 0 Å². The van der Waals surface area contributed by atoms with E-state index in [-0.39, 0.29) is 30.0 Å². The SMILES string of the molecule is COCC(=O)C1C(=O)CCC1C. The van der Waals surface area contributed by atoms with Gasteiger partial charge in [0, 0.05) is 13.5 Å². The fourth-order valence-corrected chi connectivity index (χ4v) is 1.74. The molecular weight excluding hydrogens is 156 g/mol. The van der Waals surface area contributed by atoms with Crippen molar-refractivity contribution in [1.29, 1.82) is 0 Å². The first-order chi connectivity index (χ1) is 5.66. The molecule has 0 aromatic carbocycles. The lowest BCUT2D eigenvalue weighted by molar-refractivity contribution is -0.134. The normalized spacial score (nSPS) is 29.3. The smallest absolute Gasteiger partial charge is 0.169 e. The molecule has 0 spiro atoms. The number of carbonyl (C=O) groups excluding carboxylic acids is 2. The number of methoxy groups -OCH3 is 1. The molecule has 1 aliphatic carbocycles. The number of hydrogen-bond donors (Lipinski definition) is 0. The number of rotatable bonds is 3. The van der Waals surface area contributed by atoms with Crippen LogP contribution in [0.4, 0.5) is 0 Å². The van der Waals surface area contributed by atoms with Gasteiger partial charge in [0.2, 0.25) is 0 Å². The zero-order valence-electron chi connectivity index (χ0n) is 7.50. The minimum Gasteiger partial charge on any atom is -0.377 e. The van der Waals surface area contributed by atoms with E-state index in [1.54, 1.807) is 0 Å². The number of hydrogen-bond acceptors (Lipinski definition) is 3. The van der Waals surface area contributed by atoms with Gasteiger partial charge >= 0.3 is 0 Å². The van der Waals surface area contributed by atoms with E-state index in [1.807, 2.05) is 6.92 Å². The van der Waals surface area contributed by atoms with E-state index >= 15 is 0 Å². The van der Waals surface area contributed by atoms with E-state index in [4.69, 9.17) is 4.74 Å². The number of carbonyl (C=O) groups is 2. The van der Waals surface area contributed by atoms with Gasteiger partial charge < -0.3 is 4.74 Å². The molecule has 0 N–H and O–H groups in total. The Balaban J connectivity index is 2.59. The largest absolute Gasteiger partial charge is 0.377 e. The van der Waals surface area contributed by atoms with Crippen LogP contribution < -0.4 is 0 Å². The predicted octanol–water partition coefficient (Wildman–Crippen LogP) is 0.817. The minimum atomic E-state index is -0.384. The average molecular weight is 170 g/mol. The molecule has 68 valence electrons. The number of ketones is 2.